The van der Waals surface area contributed by atoms with Gasteiger partial charge in [-0.15, -0.1) is 0 Å². The zero-order valence-electron chi connectivity index (χ0n) is 8.68. The van der Waals surface area contributed by atoms with Gasteiger partial charge in [0.1, 0.15) is 6.04 Å². The quantitative estimate of drug-likeness (QED) is 0.752. The first kappa shape index (κ1) is 10.2. The molecule has 2 N–H and O–H groups in total. The number of rotatable bonds is 5. The SMILES string of the molecule is C[C@H](NCc1cncn1C1CC1)C(=O)O. The Hall–Kier alpha value is -1.36. The molecule has 0 aromatic carbocycles. The number of carboxylic acid groups (broad SMARTS) is 1. The highest BCUT2D eigenvalue weighted by Gasteiger charge is 2.25. The first-order valence-electron chi connectivity index (χ1n) is 5.15. The van der Waals surface area contributed by atoms with Crippen molar-refractivity contribution in [3.8, 4) is 0 Å². The van der Waals surface area contributed by atoms with Gasteiger partial charge in [0.25, 0.3) is 0 Å². The van der Waals surface area contributed by atoms with Gasteiger partial charge in [0.05, 0.1) is 12.0 Å². The molecule has 1 saturated carbocycles. The fourth-order valence-electron chi connectivity index (χ4n) is 1.50. The van der Waals surface area contributed by atoms with E-state index in [1.54, 1.807) is 13.1 Å². The molecule has 2 rings (SSSR count). The lowest BCUT2D eigenvalue weighted by Crippen LogP contribution is -2.33. The maximum Gasteiger partial charge on any atom is 0.320 e. The van der Waals surface area contributed by atoms with E-state index >= 15 is 0 Å². The molecule has 15 heavy (non-hydrogen) atoms. The molecule has 1 heterocycles. The average molecular weight is 209 g/mol. The molecule has 1 aromatic heterocycles. The van der Waals surface area contributed by atoms with E-state index in [1.165, 1.54) is 12.8 Å². The van der Waals surface area contributed by atoms with Crippen molar-refractivity contribution >= 4 is 5.97 Å². The molecule has 0 bridgehead atoms. The third kappa shape index (κ3) is 2.36. The number of aromatic nitrogens is 2. The summed E-state index contributed by atoms with van der Waals surface area (Å²) in [5.41, 5.74) is 1.06. The van der Waals surface area contributed by atoms with Crippen LogP contribution < -0.4 is 5.32 Å². The fraction of sp³-hybridized carbons (Fsp3) is 0.600. The lowest BCUT2D eigenvalue weighted by molar-refractivity contribution is -0.139. The Morgan fingerprint density at radius 3 is 3.13 bits per heavy atom. The average Bonchev–Trinajstić information content (AvgIpc) is 2.94. The van der Waals surface area contributed by atoms with E-state index in [0.29, 0.717) is 12.6 Å². The summed E-state index contributed by atoms with van der Waals surface area (Å²) >= 11 is 0. The Labute approximate surface area is 88.1 Å². The van der Waals surface area contributed by atoms with Crippen molar-refractivity contribution in [1.29, 1.82) is 0 Å². The van der Waals surface area contributed by atoms with Crippen molar-refractivity contribution in [2.24, 2.45) is 0 Å². The van der Waals surface area contributed by atoms with E-state index in [1.807, 2.05) is 6.33 Å². The van der Waals surface area contributed by atoms with Crippen LogP contribution in [0, 0.1) is 0 Å². The normalized spacial score (nSPS) is 17.7. The maximum atomic E-state index is 10.6. The molecule has 0 spiro atoms. The molecular weight excluding hydrogens is 194 g/mol. The number of hydrogen-bond donors (Lipinski definition) is 2. The number of hydrogen-bond acceptors (Lipinski definition) is 3. The smallest absolute Gasteiger partial charge is 0.320 e. The number of carbonyl (C=O) groups is 1. The van der Waals surface area contributed by atoms with Crippen molar-refractivity contribution in [2.45, 2.75) is 38.4 Å². The minimum Gasteiger partial charge on any atom is -0.480 e. The lowest BCUT2D eigenvalue weighted by Gasteiger charge is -2.10. The molecule has 1 atom stereocenters. The van der Waals surface area contributed by atoms with Gasteiger partial charge >= 0.3 is 5.97 Å². The number of aliphatic carboxylic acids is 1. The minimum atomic E-state index is -0.826. The van der Waals surface area contributed by atoms with Gasteiger partial charge in [-0.25, -0.2) is 4.98 Å². The highest BCUT2D eigenvalue weighted by atomic mass is 16.4. The van der Waals surface area contributed by atoms with Crippen molar-refractivity contribution < 1.29 is 9.90 Å². The molecule has 0 amide bonds. The van der Waals surface area contributed by atoms with Crippen molar-refractivity contribution in [3.05, 3.63) is 18.2 Å². The predicted octanol–water partition coefficient (Wildman–Crippen LogP) is 0.781. The number of carboxylic acids is 1. The first-order chi connectivity index (χ1) is 7.18. The van der Waals surface area contributed by atoms with Crippen molar-refractivity contribution in [3.63, 3.8) is 0 Å². The zero-order valence-corrected chi connectivity index (χ0v) is 8.68. The van der Waals surface area contributed by atoms with E-state index < -0.39 is 12.0 Å². The van der Waals surface area contributed by atoms with Crippen LogP contribution >= 0.6 is 0 Å². The van der Waals surface area contributed by atoms with Crippen molar-refractivity contribution in [2.75, 3.05) is 0 Å². The standard InChI is InChI=1S/C10H15N3O2/c1-7(10(14)15)12-5-9-4-11-6-13(9)8-2-3-8/h4,6-8,12H,2-3,5H2,1H3,(H,14,15)/t7-/m0/s1. The third-order valence-electron chi connectivity index (χ3n) is 2.65. The zero-order chi connectivity index (χ0) is 10.8. The summed E-state index contributed by atoms with van der Waals surface area (Å²) in [6.45, 7) is 2.20. The van der Waals surface area contributed by atoms with Crippen LogP contribution in [0.4, 0.5) is 0 Å². The molecule has 5 heteroatoms. The predicted molar refractivity (Wildman–Crippen MR) is 54.4 cm³/mol. The Morgan fingerprint density at radius 1 is 1.80 bits per heavy atom. The summed E-state index contributed by atoms with van der Waals surface area (Å²) in [4.78, 5) is 14.7. The molecular formula is C10H15N3O2. The second-order valence-electron chi connectivity index (χ2n) is 3.96. The van der Waals surface area contributed by atoms with E-state index in [2.05, 4.69) is 14.9 Å². The van der Waals surface area contributed by atoms with Crippen molar-refractivity contribution in [1.82, 2.24) is 14.9 Å². The van der Waals surface area contributed by atoms with Crippen LogP contribution in [0.25, 0.3) is 0 Å². The Bertz CT molecular complexity index is 357. The molecule has 0 saturated heterocycles. The van der Waals surface area contributed by atoms with E-state index in [9.17, 15) is 4.79 Å². The Kier molecular flexibility index (Phi) is 2.73. The minimum absolute atomic E-state index is 0.521. The van der Waals surface area contributed by atoms with E-state index in [-0.39, 0.29) is 0 Å². The van der Waals surface area contributed by atoms with Gasteiger partial charge in [0.2, 0.25) is 0 Å². The molecule has 1 aromatic rings. The largest absolute Gasteiger partial charge is 0.480 e. The second-order valence-corrected chi connectivity index (χ2v) is 3.96. The molecule has 1 aliphatic rings. The van der Waals surface area contributed by atoms with Crippen LogP contribution in [0.5, 0.6) is 0 Å². The van der Waals surface area contributed by atoms with Gasteiger partial charge in [-0.3, -0.25) is 10.1 Å². The van der Waals surface area contributed by atoms with Crippen LogP contribution in [0.15, 0.2) is 12.5 Å². The van der Waals surface area contributed by atoms with Crippen LogP contribution in [-0.4, -0.2) is 26.7 Å². The molecule has 1 aliphatic carbocycles. The summed E-state index contributed by atoms with van der Waals surface area (Å²) in [6, 6.07) is 0.0667. The monoisotopic (exact) mass is 209 g/mol. The number of nitrogens with zero attached hydrogens (tertiary/aromatic N) is 2. The van der Waals surface area contributed by atoms with Crippen LogP contribution in [0.2, 0.25) is 0 Å². The highest BCUT2D eigenvalue weighted by Crippen LogP contribution is 2.35. The number of imidazole rings is 1. The Balaban J connectivity index is 1.92. The number of nitrogens with one attached hydrogen (secondary N) is 1. The first-order valence-corrected chi connectivity index (χ1v) is 5.15. The summed E-state index contributed by atoms with van der Waals surface area (Å²) in [5, 5.41) is 11.7. The Morgan fingerprint density at radius 2 is 2.53 bits per heavy atom. The molecule has 5 nitrogen and oxygen atoms in total. The summed E-state index contributed by atoms with van der Waals surface area (Å²) in [7, 11) is 0. The maximum absolute atomic E-state index is 10.6. The summed E-state index contributed by atoms with van der Waals surface area (Å²) in [6.07, 6.45) is 6.02. The third-order valence-corrected chi connectivity index (χ3v) is 2.65. The van der Waals surface area contributed by atoms with E-state index in [0.717, 1.165) is 5.69 Å². The molecule has 0 radical (unpaired) electrons. The topological polar surface area (TPSA) is 67.2 Å². The summed E-state index contributed by atoms with van der Waals surface area (Å²) < 4.78 is 2.13. The van der Waals surface area contributed by atoms with Gasteiger partial charge < -0.3 is 9.67 Å². The molecule has 82 valence electrons. The van der Waals surface area contributed by atoms with Gasteiger partial charge in [-0.05, 0) is 19.8 Å². The molecule has 1 fully saturated rings. The van der Waals surface area contributed by atoms with Gasteiger partial charge in [0.15, 0.2) is 0 Å². The van der Waals surface area contributed by atoms with Gasteiger partial charge in [-0.2, -0.15) is 0 Å². The van der Waals surface area contributed by atoms with Gasteiger partial charge in [-0.1, -0.05) is 0 Å². The van der Waals surface area contributed by atoms with Crippen LogP contribution in [0.1, 0.15) is 31.5 Å². The summed E-state index contributed by atoms with van der Waals surface area (Å²) in [5.74, 6) is -0.826. The lowest BCUT2D eigenvalue weighted by atomic mass is 10.3. The van der Waals surface area contributed by atoms with Crippen LogP contribution in [0.3, 0.4) is 0 Å². The fourth-order valence-corrected chi connectivity index (χ4v) is 1.50. The van der Waals surface area contributed by atoms with Gasteiger partial charge in [0, 0.05) is 18.8 Å². The highest BCUT2D eigenvalue weighted by molar-refractivity contribution is 5.72. The second kappa shape index (κ2) is 4.02. The molecule has 0 aliphatic heterocycles. The van der Waals surface area contributed by atoms with E-state index in [4.69, 9.17) is 5.11 Å². The molecule has 0 unspecified atom stereocenters. The van der Waals surface area contributed by atoms with Crippen LogP contribution in [-0.2, 0) is 11.3 Å².